The molecule has 1 heterocycles. The average molecular weight is 310 g/mol. The SMILES string of the molecule is CC1CCN(C(=O)NCc2ccc(S(C)(=O)=O)cc2)CC1. The van der Waals surface area contributed by atoms with Gasteiger partial charge in [-0.05, 0) is 36.5 Å². The summed E-state index contributed by atoms with van der Waals surface area (Å²) in [5.41, 5.74) is 0.890. The van der Waals surface area contributed by atoms with Gasteiger partial charge in [0.05, 0.1) is 4.90 Å². The molecule has 21 heavy (non-hydrogen) atoms. The number of benzene rings is 1. The Morgan fingerprint density at radius 1 is 1.24 bits per heavy atom. The van der Waals surface area contributed by atoms with Crippen molar-refractivity contribution in [3.63, 3.8) is 0 Å². The minimum Gasteiger partial charge on any atom is -0.334 e. The molecule has 0 aliphatic carbocycles. The van der Waals surface area contributed by atoms with Gasteiger partial charge in [-0.15, -0.1) is 0 Å². The molecule has 0 aromatic heterocycles. The molecule has 1 aromatic carbocycles. The van der Waals surface area contributed by atoms with Crippen LogP contribution in [0.5, 0.6) is 0 Å². The Kier molecular flexibility index (Phi) is 4.88. The molecule has 0 bridgehead atoms. The third-order valence-electron chi connectivity index (χ3n) is 3.87. The van der Waals surface area contributed by atoms with Crippen LogP contribution >= 0.6 is 0 Å². The predicted molar refractivity (Wildman–Crippen MR) is 81.8 cm³/mol. The maximum atomic E-state index is 12.0. The Bertz CT molecular complexity index is 588. The first-order valence-electron chi connectivity index (χ1n) is 7.18. The van der Waals surface area contributed by atoms with E-state index in [1.165, 1.54) is 6.26 Å². The number of amides is 2. The van der Waals surface area contributed by atoms with Crippen LogP contribution in [0.25, 0.3) is 0 Å². The lowest BCUT2D eigenvalue weighted by molar-refractivity contribution is 0.173. The van der Waals surface area contributed by atoms with Crippen molar-refractivity contribution in [2.45, 2.75) is 31.2 Å². The van der Waals surface area contributed by atoms with Crippen molar-refractivity contribution in [2.75, 3.05) is 19.3 Å². The maximum absolute atomic E-state index is 12.0. The summed E-state index contributed by atoms with van der Waals surface area (Å²) < 4.78 is 22.7. The van der Waals surface area contributed by atoms with E-state index in [-0.39, 0.29) is 6.03 Å². The highest BCUT2D eigenvalue weighted by Gasteiger charge is 2.19. The molecule has 6 heteroatoms. The molecule has 0 unspecified atom stereocenters. The molecule has 0 saturated carbocycles. The molecule has 0 radical (unpaired) electrons. The summed E-state index contributed by atoms with van der Waals surface area (Å²) in [7, 11) is -3.17. The summed E-state index contributed by atoms with van der Waals surface area (Å²) in [6.45, 7) is 4.23. The lowest BCUT2D eigenvalue weighted by Gasteiger charge is -2.30. The smallest absolute Gasteiger partial charge is 0.317 e. The fourth-order valence-corrected chi connectivity index (χ4v) is 2.99. The first kappa shape index (κ1) is 15.8. The van der Waals surface area contributed by atoms with Crippen LogP contribution in [-0.4, -0.2) is 38.7 Å². The van der Waals surface area contributed by atoms with Crippen LogP contribution in [-0.2, 0) is 16.4 Å². The van der Waals surface area contributed by atoms with Crippen molar-refractivity contribution in [3.05, 3.63) is 29.8 Å². The third-order valence-corrected chi connectivity index (χ3v) is 4.99. The zero-order valence-corrected chi connectivity index (χ0v) is 13.3. The number of piperidine rings is 1. The Morgan fingerprint density at radius 2 is 1.81 bits per heavy atom. The Hall–Kier alpha value is -1.56. The van der Waals surface area contributed by atoms with Crippen molar-refractivity contribution in [1.82, 2.24) is 10.2 Å². The van der Waals surface area contributed by atoms with E-state index in [0.717, 1.165) is 31.5 Å². The first-order valence-corrected chi connectivity index (χ1v) is 9.07. The summed E-state index contributed by atoms with van der Waals surface area (Å²) in [4.78, 5) is 14.2. The molecule has 1 aromatic rings. The normalized spacial score (nSPS) is 16.8. The van der Waals surface area contributed by atoms with E-state index in [0.29, 0.717) is 17.4 Å². The topological polar surface area (TPSA) is 66.5 Å². The van der Waals surface area contributed by atoms with Crippen molar-refractivity contribution in [3.8, 4) is 0 Å². The van der Waals surface area contributed by atoms with Crippen LogP contribution in [0.15, 0.2) is 29.2 Å². The number of nitrogens with one attached hydrogen (secondary N) is 1. The molecule has 1 N–H and O–H groups in total. The van der Waals surface area contributed by atoms with E-state index in [4.69, 9.17) is 0 Å². The second-order valence-corrected chi connectivity index (χ2v) is 7.76. The minimum absolute atomic E-state index is 0.0471. The lowest BCUT2D eigenvalue weighted by Crippen LogP contribution is -2.43. The van der Waals surface area contributed by atoms with Crippen molar-refractivity contribution in [2.24, 2.45) is 5.92 Å². The molecule has 116 valence electrons. The average Bonchev–Trinajstić information content (AvgIpc) is 2.45. The van der Waals surface area contributed by atoms with Crippen LogP contribution in [0.3, 0.4) is 0 Å². The molecular weight excluding hydrogens is 288 g/mol. The molecule has 1 fully saturated rings. The molecule has 0 atom stereocenters. The number of carbonyl (C=O) groups is 1. The number of rotatable bonds is 3. The van der Waals surface area contributed by atoms with Gasteiger partial charge in [-0.2, -0.15) is 0 Å². The van der Waals surface area contributed by atoms with Crippen LogP contribution in [0.4, 0.5) is 4.79 Å². The van der Waals surface area contributed by atoms with Crippen LogP contribution in [0.2, 0.25) is 0 Å². The zero-order valence-electron chi connectivity index (χ0n) is 12.5. The number of nitrogens with zero attached hydrogens (tertiary/aromatic N) is 1. The van der Waals surface area contributed by atoms with Gasteiger partial charge in [-0.3, -0.25) is 0 Å². The monoisotopic (exact) mass is 310 g/mol. The van der Waals surface area contributed by atoms with Gasteiger partial charge in [0.15, 0.2) is 9.84 Å². The molecule has 2 amide bonds. The van der Waals surface area contributed by atoms with E-state index in [1.54, 1.807) is 24.3 Å². The highest BCUT2D eigenvalue weighted by Crippen LogP contribution is 2.16. The molecule has 0 spiro atoms. The molecule has 5 nitrogen and oxygen atoms in total. The third kappa shape index (κ3) is 4.46. The highest BCUT2D eigenvalue weighted by molar-refractivity contribution is 7.90. The molecule has 2 rings (SSSR count). The standard InChI is InChI=1S/C15H22N2O3S/c1-12-7-9-17(10-8-12)15(18)16-11-13-3-5-14(6-4-13)21(2,19)20/h3-6,12H,7-11H2,1-2H3,(H,16,18). The maximum Gasteiger partial charge on any atom is 0.317 e. The van der Waals surface area contributed by atoms with Gasteiger partial charge in [0, 0.05) is 25.9 Å². The second-order valence-electron chi connectivity index (χ2n) is 5.74. The van der Waals surface area contributed by atoms with Gasteiger partial charge in [-0.1, -0.05) is 19.1 Å². The Balaban J connectivity index is 1.87. The summed E-state index contributed by atoms with van der Waals surface area (Å²) in [6, 6.07) is 6.55. The van der Waals surface area contributed by atoms with Crippen molar-refractivity contribution < 1.29 is 13.2 Å². The predicted octanol–water partition coefficient (Wildman–Crippen LogP) is 2.03. The van der Waals surface area contributed by atoms with Gasteiger partial charge < -0.3 is 10.2 Å². The molecule has 1 saturated heterocycles. The quantitative estimate of drug-likeness (QED) is 0.929. The number of sulfone groups is 1. The summed E-state index contributed by atoms with van der Waals surface area (Å²) in [5.74, 6) is 0.692. The van der Waals surface area contributed by atoms with E-state index >= 15 is 0 Å². The molecule has 1 aliphatic heterocycles. The van der Waals surface area contributed by atoms with Gasteiger partial charge >= 0.3 is 6.03 Å². The van der Waals surface area contributed by atoms with Gasteiger partial charge in [0.2, 0.25) is 0 Å². The highest BCUT2D eigenvalue weighted by atomic mass is 32.2. The number of carbonyl (C=O) groups excluding carboxylic acids is 1. The molecule has 1 aliphatic rings. The van der Waals surface area contributed by atoms with E-state index in [2.05, 4.69) is 12.2 Å². The number of urea groups is 1. The van der Waals surface area contributed by atoms with E-state index in [9.17, 15) is 13.2 Å². The fourth-order valence-electron chi connectivity index (χ4n) is 2.36. The summed E-state index contributed by atoms with van der Waals surface area (Å²) in [5, 5.41) is 2.88. The van der Waals surface area contributed by atoms with Crippen LogP contribution in [0, 0.1) is 5.92 Å². The molecular formula is C15H22N2O3S. The lowest BCUT2D eigenvalue weighted by atomic mass is 10.00. The minimum atomic E-state index is -3.17. The zero-order chi connectivity index (χ0) is 15.5. The Morgan fingerprint density at radius 3 is 2.33 bits per heavy atom. The second kappa shape index (κ2) is 6.47. The van der Waals surface area contributed by atoms with Crippen molar-refractivity contribution >= 4 is 15.9 Å². The van der Waals surface area contributed by atoms with Crippen LogP contribution < -0.4 is 5.32 Å². The number of hydrogen-bond donors (Lipinski definition) is 1. The van der Waals surface area contributed by atoms with Crippen molar-refractivity contribution in [1.29, 1.82) is 0 Å². The largest absolute Gasteiger partial charge is 0.334 e. The van der Waals surface area contributed by atoms with E-state index in [1.807, 2.05) is 4.90 Å². The van der Waals surface area contributed by atoms with Gasteiger partial charge in [0.1, 0.15) is 0 Å². The first-order chi connectivity index (χ1) is 9.86. The Labute approximate surface area is 126 Å². The van der Waals surface area contributed by atoms with Crippen LogP contribution in [0.1, 0.15) is 25.3 Å². The fraction of sp³-hybridized carbons (Fsp3) is 0.533. The van der Waals surface area contributed by atoms with E-state index < -0.39 is 9.84 Å². The number of hydrogen-bond acceptors (Lipinski definition) is 3. The summed E-state index contributed by atoms with van der Waals surface area (Å²) >= 11 is 0. The number of likely N-dealkylation sites (tertiary alicyclic amines) is 1. The summed E-state index contributed by atoms with van der Waals surface area (Å²) in [6.07, 6.45) is 3.29. The van der Waals surface area contributed by atoms with Gasteiger partial charge in [-0.25, -0.2) is 13.2 Å². The van der Waals surface area contributed by atoms with Gasteiger partial charge in [0.25, 0.3) is 0 Å².